The fourth-order valence-electron chi connectivity index (χ4n) is 1.96. The Hall–Kier alpha value is -2.38. The molecule has 20 heavy (non-hydrogen) atoms. The summed E-state index contributed by atoms with van der Waals surface area (Å²) < 4.78 is 35.7. The van der Waals surface area contributed by atoms with E-state index in [1.807, 2.05) is 0 Å². The van der Waals surface area contributed by atoms with Crippen molar-refractivity contribution < 1.29 is 18.0 Å². The van der Waals surface area contributed by atoms with Gasteiger partial charge in [0.25, 0.3) is 17.8 Å². The van der Waals surface area contributed by atoms with Crippen molar-refractivity contribution in [3.63, 3.8) is 0 Å². The zero-order valence-corrected chi connectivity index (χ0v) is 10.6. The molecule has 1 aromatic heterocycles. The Bertz CT molecular complexity index is 636. The van der Waals surface area contributed by atoms with Crippen molar-refractivity contribution in [1.82, 2.24) is 10.1 Å². The van der Waals surface area contributed by atoms with Gasteiger partial charge >= 0.3 is 0 Å². The molecule has 1 aromatic carbocycles. The first-order chi connectivity index (χ1) is 9.48. The largest absolute Gasteiger partial charge is 0.495 e. The van der Waals surface area contributed by atoms with E-state index in [0.29, 0.717) is 17.0 Å². The number of rotatable bonds is 3. The lowest BCUT2D eigenvalue weighted by Gasteiger charge is -2.37. The van der Waals surface area contributed by atoms with Crippen LogP contribution in [0.5, 0.6) is 5.75 Å². The summed E-state index contributed by atoms with van der Waals surface area (Å²) in [6, 6.07) is 4.99. The van der Waals surface area contributed by atoms with Gasteiger partial charge in [0.05, 0.1) is 25.9 Å². The number of benzene rings is 1. The first kappa shape index (κ1) is 12.6. The van der Waals surface area contributed by atoms with Crippen molar-refractivity contribution in [2.45, 2.75) is 5.92 Å². The Balaban J connectivity index is 1.83. The van der Waals surface area contributed by atoms with Gasteiger partial charge in [0.2, 0.25) is 0 Å². The van der Waals surface area contributed by atoms with Crippen LogP contribution in [0.4, 0.5) is 20.4 Å². The molecule has 106 valence electrons. The van der Waals surface area contributed by atoms with E-state index in [1.54, 1.807) is 18.2 Å². The molecule has 0 saturated carbocycles. The third-order valence-corrected chi connectivity index (χ3v) is 3.02. The third kappa shape index (κ3) is 2.13. The second-order valence-corrected chi connectivity index (χ2v) is 4.57. The molecular weight excluding hydrogens is 270 g/mol. The second-order valence-electron chi connectivity index (χ2n) is 4.57. The van der Waals surface area contributed by atoms with Gasteiger partial charge in [-0.3, -0.25) is 0 Å². The van der Waals surface area contributed by atoms with Crippen molar-refractivity contribution in [3.05, 3.63) is 18.2 Å². The van der Waals surface area contributed by atoms with Crippen molar-refractivity contribution in [3.8, 4) is 17.2 Å². The summed E-state index contributed by atoms with van der Waals surface area (Å²) in [7, 11) is 1.50. The lowest BCUT2D eigenvalue weighted by Crippen LogP contribution is -2.56. The van der Waals surface area contributed by atoms with Crippen LogP contribution in [-0.2, 0) is 0 Å². The molecule has 1 saturated heterocycles. The van der Waals surface area contributed by atoms with Crippen LogP contribution in [0.2, 0.25) is 0 Å². The van der Waals surface area contributed by atoms with Gasteiger partial charge in [0.15, 0.2) is 0 Å². The average Bonchev–Trinajstić information content (AvgIpc) is 2.85. The van der Waals surface area contributed by atoms with E-state index < -0.39 is 19.0 Å². The molecule has 2 aromatic rings. The predicted molar refractivity (Wildman–Crippen MR) is 67.9 cm³/mol. The van der Waals surface area contributed by atoms with E-state index in [1.165, 1.54) is 12.0 Å². The molecule has 0 radical (unpaired) electrons. The van der Waals surface area contributed by atoms with Crippen molar-refractivity contribution in [2.75, 3.05) is 30.8 Å². The first-order valence-corrected chi connectivity index (χ1v) is 5.89. The number of alkyl halides is 2. The number of halogens is 2. The summed E-state index contributed by atoms with van der Waals surface area (Å²) in [4.78, 5) is 5.44. The predicted octanol–water partition coefficient (Wildman–Crippen LogP) is 1.78. The van der Waals surface area contributed by atoms with Crippen LogP contribution in [-0.4, -0.2) is 36.3 Å². The lowest BCUT2D eigenvalue weighted by molar-refractivity contribution is -0.0273. The maximum Gasteiger partial charge on any atom is 0.282 e. The molecule has 0 bridgehead atoms. The Morgan fingerprint density at radius 2 is 2.15 bits per heavy atom. The number of hydrogen-bond acceptors (Lipinski definition) is 6. The van der Waals surface area contributed by atoms with Gasteiger partial charge in [-0.25, -0.2) is 8.78 Å². The number of anilines is 2. The minimum atomic E-state index is -2.68. The molecule has 6 nitrogen and oxygen atoms in total. The fourth-order valence-corrected chi connectivity index (χ4v) is 1.96. The molecule has 2 N–H and O–H groups in total. The lowest BCUT2D eigenvalue weighted by atomic mass is 10.1. The van der Waals surface area contributed by atoms with Gasteiger partial charge in [-0.05, 0) is 23.4 Å². The Morgan fingerprint density at radius 3 is 2.80 bits per heavy atom. The molecule has 8 heteroatoms. The highest BCUT2D eigenvalue weighted by Crippen LogP contribution is 2.32. The monoisotopic (exact) mass is 282 g/mol. The molecule has 1 aliphatic rings. The van der Waals surface area contributed by atoms with Crippen LogP contribution in [0.25, 0.3) is 11.5 Å². The van der Waals surface area contributed by atoms with E-state index in [4.69, 9.17) is 15.0 Å². The van der Waals surface area contributed by atoms with Crippen molar-refractivity contribution >= 4 is 11.6 Å². The summed E-state index contributed by atoms with van der Waals surface area (Å²) in [6.07, 6.45) is 0. The molecule has 0 atom stereocenters. The van der Waals surface area contributed by atoms with Crippen LogP contribution in [0.3, 0.4) is 0 Å². The number of nitrogen functional groups attached to an aromatic ring is 1. The van der Waals surface area contributed by atoms with E-state index >= 15 is 0 Å². The minimum absolute atomic E-state index is 0.154. The molecule has 0 aliphatic carbocycles. The smallest absolute Gasteiger partial charge is 0.282 e. The van der Waals surface area contributed by atoms with Crippen LogP contribution in [0, 0.1) is 0 Å². The molecule has 0 amide bonds. The molecule has 1 aliphatic heterocycles. The maximum atomic E-state index is 12.8. The summed E-state index contributed by atoms with van der Waals surface area (Å²) in [5.74, 6) is -1.81. The number of methoxy groups -OCH3 is 1. The topological polar surface area (TPSA) is 77.4 Å². The number of aromatic nitrogens is 2. The van der Waals surface area contributed by atoms with Gasteiger partial charge < -0.3 is 19.9 Å². The average molecular weight is 282 g/mol. The van der Waals surface area contributed by atoms with Crippen molar-refractivity contribution in [1.29, 1.82) is 0 Å². The molecular formula is C12H12F2N4O2. The Morgan fingerprint density at radius 1 is 1.40 bits per heavy atom. The van der Waals surface area contributed by atoms with E-state index in [2.05, 4.69) is 10.1 Å². The normalized spacial score (nSPS) is 16.9. The summed E-state index contributed by atoms with van der Waals surface area (Å²) in [5.41, 5.74) is 6.81. The minimum Gasteiger partial charge on any atom is -0.495 e. The van der Waals surface area contributed by atoms with Gasteiger partial charge in [0, 0.05) is 5.56 Å². The molecule has 2 heterocycles. The molecule has 0 spiro atoms. The molecule has 0 unspecified atom stereocenters. The zero-order valence-electron chi connectivity index (χ0n) is 10.6. The number of ether oxygens (including phenoxy) is 1. The number of nitrogens with zero attached hydrogens (tertiary/aromatic N) is 3. The van der Waals surface area contributed by atoms with Gasteiger partial charge in [-0.15, -0.1) is 0 Å². The third-order valence-electron chi connectivity index (χ3n) is 3.02. The molecule has 3 rings (SSSR count). The Kier molecular flexibility index (Phi) is 2.73. The fraction of sp³-hybridized carbons (Fsp3) is 0.333. The standard InChI is InChI=1S/C12H12F2N4O2/c1-19-9-4-7(2-3-8(9)15)10-16-11(17-20-10)18-5-12(13,14)6-18/h2-4H,5-6,15H2,1H3. The Labute approximate surface area is 113 Å². The highest BCUT2D eigenvalue weighted by molar-refractivity contribution is 5.65. The summed E-state index contributed by atoms with van der Waals surface area (Å²) in [6.45, 7) is -0.784. The van der Waals surface area contributed by atoms with Crippen LogP contribution < -0.4 is 15.4 Å². The van der Waals surface area contributed by atoms with E-state index in [9.17, 15) is 8.78 Å². The van der Waals surface area contributed by atoms with Crippen LogP contribution >= 0.6 is 0 Å². The number of nitrogens with two attached hydrogens (primary N) is 1. The first-order valence-electron chi connectivity index (χ1n) is 5.89. The van der Waals surface area contributed by atoms with Crippen LogP contribution in [0.1, 0.15) is 0 Å². The quantitative estimate of drug-likeness (QED) is 0.865. The zero-order chi connectivity index (χ0) is 14.3. The van der Waals surface area contributed by atoms with Crippen molar-refractivity contribution in [2.24, 2.45) is 0 Å². The van der Waals surface area contributed by atoms with E-state index in [0.717, 1.165) is 0 Å². The summed E-state index contributed by atoms with van der Waals surface area (Å²) in [5, 5.41) is 3.69. The van der Waals surface area contributed by atoms with Crippen LogP contribution in [0.15, 0.2) is 22.7 Å². The highest BCUT2D eigenvalue weighted by atomic mass is 19.3. The molecule has 1 fully saturated rings. The SMILES string of the molecule is COc1cc(-c2nc(N3CC(F)(F)C3)no2)ccc1N. The summed E-state index contributed by atoms with van der Waals surface area (Å²) >= 11 is 0. The maximum absolute atomic E-state index is 12.8. The van der Waals surface area contributed by atoms with Gasteiger partial charge in [-0.1, -0.05) is 0 Å². The number of hydrogen-bond donors (Lipinski definition) is 1. The van der Waals surface area contributed by atoms with Gasteiger partial charge in [-0.2, -0.15) is 4.98 Å². The second kappa shape index (κ2) is 4.32. The van der Waals surface area contributed by atoms with E-state index in [-0.39, 0.29) is 11.8 Å². The van der Waals surface area contributed by atoms with Gasteiger partial charge in [0.1, 0.15) is 5.75 Å². The highest BCUT2D eigenvalue weighted by Gasteiger charge is 2.45.